The summed E-state index contributed by atoms with van der Waals surface area (Å²) < 4.78 is 5.83. The molecule has 0 heterocycles. The molecule has 122 valence electrons. The van der Waals surface area contributed by atoms with E-state index in [1.54, 1.807) is 6.07 Å². The monoisotopic (exact) mass is 332 g/mol. The van der Waals surface area contributed by atoms with Gasteiger partial charge in [0.25, 0.3) is 5.91 Å². The van der Waals surface area contributed by atoms with Gasteiger partial charge >= 0.3 is 0 Å². The minimum absolute atomic E-state index is 0. The van der Waals surface area contributed by atoms with E-state index in [9.17, 15) is 4.79 Å². The molecular weight excluding hydrogens is 312 g/mol. The third-order valence-electron chi connectivity index (χ3n) is 3.69. The molecule has 0 saturated heterocycles. The SMILES string of the molecule is Cl.NCc1cc(C(=O)NC2CC2)ccc1OCc1ccccc1. The predicted octanol–water partition coefficient (Wildman–Crippen LogP) is 3.04. The molecule has 2 aromatic rings. The first-order valence-corrected chi connectivity index (χ1v) is 7.57. The van der Waals surface area contributed by atoms with Gasteiger partial charge in [-0.3, -0.25) is 4.79 Å². The predicted molar refractivity (Wildman–Crippen MR) is 92.8 cm³/mol. The van der Waals surface area contributed by atoms with E-state index in [2.05, 4.69) is 5.32 Å². The van der Waals surface area contributed by atoms with Crippen molar-refractivity contribution in [3.05, 3.63) is 65.2 Å². The highest BCUT2D eigenvalue weighted by atomic mass is 35.5. The lowest BCUT2D eigenvalue weighted by molar-refractivity contribution is 0.0951. The van der Waals surface area contributed by atoms with Crippen LogP contribution in [0.2, 0.25) is 0 Å². The average molecular weight is 333 g/mol. The van der Waals surface area contributed by atoms with E-state index in [1.807, 2.05) is 42.5 Å². The second-order valence-electron chi connectivity index (χ2n) is 5.55. The molecule has 1 fully saturated rings. The van der Waals surface area contributed by atoms with Gasteiger partial charge in [0.15, 0.2) is 0 Å². The Morgan fingerprint density at radius 1 is 1.17 bits per heavy atom. The number of rotatable bonds is 6. The summed E-state index contributed by atoms with van der Waals surface area (Å²) in [4.78, 5) is 12.1. The van der Waals surface area contributed by atoms with Crippen molar-refractivity contribution in [3.8, 4) is 5.75 Å². The molecule has 4 nitrogen and oxygen atoms in total. The Labute approximate surface area is 142 Å². The largest absolute Gasteiger partial charge is 0.489 e. The first-order chi connectivity index (χ1) is 10.8. The highest BCUT2D eigenvalue weighted by molar-refractivity contribution is 5.95. The fourth-order valence-electron chi connectivity index (χ4n) is 2.25. The van der Waals surface area contributed by atoms with E-state index >= 15 is 0 Å². The fraction of sp³-hybridized carbons (Fsp3) is 0.278. The molecule has 2 aromatic carbocycles. The summed E-state index contributed by atoms with van der Waals surface area (Å²) in [6.45, 7) is 0.829. The van der Waals surface area contributed by atoms with Crippen LogP contribution in [0.4, 0.5) is 0 Å². The van der Waals surface area contributed by atoms with Gasteiger partial charge in [0.1, 0.15) is 12.4 Å². The van der Waals surface area contributed by atoms with Gasteiger partial charge in [-0.05, 0) is 36.6 Å². The zero-order chi connectivity index (χ0) is 15.4. The van der Waals surface area contributed by atoms with Gasteiger partial charge in [-0.25, -0.2) is 0 Å². The Hall–Kier alpha value is -2.04. The van der Waals surface area contributed by atoms with Crippen LogP contribution in [-0.4, -0.2) is 11.9 Å². The van der Waals surface area contributed by atoms with Crippen LogP contribution in [0.25, 0.3) is 0 Å². The first kappa shape index (κ1) is 17.3. The van der Waals surface area contributed by atoms with Crippen LogP contribution in [0.3, 0.4) is 0 Å². The molecule has 3 rings (SSSR count). The summed E-state index contributed by atoms with van der Waals surface area (Å²) in [5.74, 6) is 0.695. The molecule has 0 bridgehead atoms. The summed E-state index contributed by atoms with van der Waals surface area (Å²) in [5, 5.41) is 2.98. The molecule has 0 aromatic heterocycles. The number of hydrogen-bond acceptors (Lipinski definition) is 3. The molecule has 0 atom stereocenters. The van der Waals surface area contributed by atoms with Crippen LogP contribution in [0, 0.1) is 0 Å². The van der Waals surface area contributed by atoms with Crippen LogP contribution < -0.4 is 15.8 Å². The van der Waals surface area contributed by atoms with Crippen molar-refractivity contribution in [2.75, 3.05) is 0 Å². The third kappa shape index (κ3) is 4.71. The number of nitrogens with one attached hydrogen (secondary N) is 1. The van der Waals surface area contributed by atoms with E-state index in [0.717, 1.165) is 29.7 Å². The van der Waals surface area contributed by atoms with Gasteiger partial charge < -0.3 is 15.8 Å². The van der Waals surface area contributed by atoms with Gasteiger partial charge in [-0.2, -0.15) is 0 Å². The Bertz CT molecular complexity index is 657. The summed E-state index contributed by atoms with van der Waals surface area (Å²) in [6, 6.07) is 15.7. The number of carbonyl (C=O) groups excluding carboxylic acids is 1. The zero-order valence-corrected chi connectivity index (χ0v) is 13.6. The molecule has 1 amide bonds. The van der Waals surface area contributed by atoms with Crippen molar-refractivity contribution in [2.24, 2.45) is 5.73 Å². The summed E-state index contributed by atoms with van der Waals surface area (Å²) >= 11 is 0. The maximum Gasteiger partial charge on any atom is 0.251 e. The summed E-state index contributed by atoms with van der Waals surface area (Å²) in [7, 11) is 0. The van der Waals surface area contributed by atoms with Crippen LogP contribution in [0.1, 0.15) is 34.3 Å². The molecule has 0 spiro atoms. The van der Waals surface area contributed by atoms with Crippen LogP contribution in [-0.2, 0) is 13.2 Å². The van der Waals surface area contributed by atoms with Crippen molar-refractivity contribution < 1.29 is 9.53 Å². The molecule has 1 saturated carbocycles. The summed E-state index contributed by atoms with van der Waals surface area (Å²) in [5.41, 5.74) is 8.37. The highest BCUT2D eigenvalue weighted by Crippen LogP contribution is 2.23. The maximum absolute atomic E-state index is 12.1. The van der Waals surface area contributed by atoms with E-state index in [1.165, 1.54) is 0 Å². The number of carbonyl (C=O) groups is 1. The third-order valence-corrected chi connectivity index (χ3v) is 3.69. The van der Waals surface area contributed by atoms with Crippen LogP contribution in [0.5, 0.6) is 5.75 Å². The Kier molecular flexibility index (Phi) is 6.02. The lowest BCUT2D eigenvalue weighted by Crippen LogP contribution is -2.25. The van der Waals surface area contributed by atoms with Crippen molar-refractivity contribution in [3.63, 3.8) is 0 Å². The molecule has 0 radical (unpaired) electrons. The first-order valence-electron chi connectivity index (χ1n) is 7.57. The number of amides is 1. The molecule has 1 aliphatic rings. The van der Waals surface area contributed by atoms with E-state index < -0.39 is 0 Å². The number of halogens is 1. The second kappa shape index (κ2) is 7.99. The van der Waals surface area contributed by atoms with Crippen molar-refractivity contribution in [1.29, 1.82) is 0 Å². The maximum atomic E-state index is 12.1. The van der Waals surface area contributed by atoms with Crippen LogP contribution in [0.15, 0.2) is 48.5 Å². The second-order valence-corrected chi connectivity index (χ2v) is 5.55. The highest BCUT2D eigenvalue weighted by Gasteiger charge is 2.24. The molecule has 0 unspecified atom stereocenters. The van der Waals surface area contributed by atoms with Gasteiger partial charge in [0.2, 0.25) is 0 Å². The standard InChI is InChI=1S/C18H20N2O2.ClH/c19-11-15-10-14(18(21)20-16-7-8-16)6-9-17(15)22-12-13-4-2-1-3-5-13;/h1-6,9-10,16H,7-8,11-12,19H2,(H,20,21);1H. The van der Waals surface area contributed by atoms with Gasteiger partial charge in [0, 0.05) is 23.7 Å². The molecule has 23 heavy (non-hydrogen) atoms. The number of ether oxygens (including phenoxy) is 1. The lowest BCUT2D eigenvalue weighted by atomic mass is 10.1. The van der Waals surface area contributed by atoms with Gasteiger partial charge in [0.05, 0.1) is 0 Å². The Morgan fingerprint density at radius 3 is 2.57 bits per heavy atom. The van der Waals surface area contributed by atoms with Crippen molar-refractivity contribution in [2.45, 2.75) is 32.0 Å². The van der Waals surface area contributed by atoms with Gasteiger partial charge in [-0.15, -0.1) is 12.4 Å². The lowest BCUT2D eigenvalue weighted by Gasteiger charge is -2.12. The van der Waals surface area contributed by atoms with E-state index in [0.29, 0.717) is 24.8 Å². The molecule has 3 N–H and O–H groups in total. The zero-order valence-electron chi connectivity index (χ0n) is 12.8. The Balaban J connectivity index is 0.00000192. The van der Waals surface area contributed by atoms with E-state index in [-0.39, 0.29) is 18.3 Å². The molecule has 1 aliphatic carbocycles. The van der Waals surface area contributed by atoms with Crippen molar-refractivity contribution >= 4 is 18.3 Å². The number of benzene rings is 2. The number of hydrogen-bond donors (Lipinski definition) is 2. The minimum atomic E-state index is -0.0354. The van der Waals surface area contributed by atoms with E-state index in [4.69, 9.17) is 10.5 Å². The average Bonchev–Trinajstić information content (AvgIpc) is 3.37. The number of nitrogens with two attached hydrogens (primary N) is 1. The molecular formula is C18H21ClN2O2. The topological polar surface area (TPSA) is 64.4 Å². The summed E-state index contributed by atoms with van der Waals surface area (Å²) in [6.07, 6.45) is 2.15. The minimum Gasteiger partial charge on any atom is -0.489 e. The fourth-order valence-corrected chi connectivity index (χ4v) is 2.25. The molecule has 0 aliphatic heterocycles. The van der Waals surface area contributed by atoms with Crippen molar-refractivity contribution in [1.82, 2.24) is 5.32 Å². The van der Waals surface area contributed by atoms with Crippen LogP contribution >= 0.6 is 12.4 Å². The molecule has 5 heteroatoms. The van der Waals surface area contributed by atoms with Gasteiger partial charge in [-0.1, -0.05) is 30.3 Å². The quantitative estimate of drug-likeness (QED) is 0.854. The smallest absolute Gasteiger partial charge is 0.251 e. The normalized spacial score (nSPS) is 13.1. The Morgan fingerprint density at radius 2 is 1.91 bits per heavy atom.